The van der Waals surface area contributed by atoms with Crippen LogP contribution in [0.25, 0.3) is 5.69 Å². The predicted molar refractivity (Wildman–Crippen MR) is 81.1 cm³/mol. The highest BCUT2D eigenvalue weighted by molar-refractivity contribution is 5.45. The molecule has 0 bridgehead atoms. The fourth-order valence-corrected chi connectivity index (χ4v) is 2.76. The fraction of sp³-hybridized carbons (Fsp3) is 0.438. The average molecular weight is 271 g/mol. The van der Waals surface area contributed by atoms with Crippen LogP contribution < -0.4 is 11.4 Å². The number of hydrogen-bond donors (Lipinski definition) is 2. The smallest absolute Gasteiger partial charge is 0.330 e. The van der Waals surface area contributed by atoms with E-state index in [1.807, 2.05) is 30.5 Å². The van der Waals surface area contributed by atoms with Gasteiger partial charge in [-0.05, 0) is 43.0 Å². The summed E-state index contributed by atoms with van der Waals surface area (Å²) in [6.07, 6.45) is 9.49. The molecule has 1 aliphatic carbocycles. The Morgan fingerprint density at radius 3 is 2.65 bits per heavy atom. The number of nitrogen functional groups attached to an aromatic ring is 1. The molecule has 0 amide bonds. The summed E-state index contributed by atoms with van der Waals surface area (Å²) in [6, 6.07) is 7.35. The number of hydrogen-bond acceptors (Lipinski definition) is 2. The molecule has 0 unspecified atom stereocenters. The number of nitrogens with zero attached hydrogens (tertiary/aromatic N) is 1. The summed E-state index contributed by atoms with van der Waals surface area (Å²) in [6.45, 7) is 0. The molecule has 20 heavy (non-hydrogen) atoms. The van der Waals surface area contributed by atoms with Crippen LogP contribution in [0.4, 0.5) is 5.69 Å². The molecular formula is C16H21N3O. The molecule has 0 saturated heterocycles. The summed E-state index contributed by atoms with van der Waals surface area (Å²) in [5, 5.41) is 0. The molecule has 1 fully saturated rings. The first-order valence-electron chi connectivity index (χ1n) is 7.39. The number of nitrogens with two attached hydrogens (primary N) is 1. The van der Waals surface area contributed by atoms with Crippen molar-refractivity contribution in [1.29, 1.82) is 0 Å². The lowest BCUT2D eigenvalue weighted by atomic mass is 9.82. The number of rotatable bonds is 5. The minimum absolute atomic E-state index is 0.0755. The summed E-state index contributed by atoms with van der Waals surface area (Å²) in [4.78, 5) is 14.9. The van der Waals surface area contributed by atoms with Crippen molar-refractivity contribution in [2.75, 3.05) is 5.73 Å². The molecule has 0 atom stereocenters. The first-order chi connectivity index (χ1) is 9.72. The van der Waals surface area contributed by atoms with Crippen LogP contribution in [-0.2, 0) is 6.42 Å². The van der Waals surface area contributed by atoms with Crippen LogP contribution >= 0.6 is 0 Å². The number of aromatic amines is 1. The summed E-state index contributed by atoms with van der Waals surface area (Å²) in [5.41, 5.74) is 8.17. The predicted octanol–water partition coefficient (Wildman–Crippen LogP) is 2.87. The van der Waals surface area contributed by atoms with Crippen LogP contribution in [0.5, 0.6) is 0 Å². The molecular weight excluding hydrogens is 250 g/mol. The second kappa shape index (κ2) is 5.57. The summed E-state index contributed by atoms with van der Waals surface area (Å²) < 4.78 is 1.65. The van der Waals surface area contributed by atoms with Crippen molar-refractivity contribution in [3.05, 3.63) is 46.6 Å². The van der Waals surface area contributed by atoms with Crippen molar-refractivity contribution < 1.29 is 0 Å². The van der Waals surface area contributed by atoms with Gasteiger partial charge in [-0.3, -0.25) is 4.57 Å². The Morgan fingerprint density at radius 2 is 2.00 bits per heavy atom. The van der Waals surface area contributed by atoms with Crippen molar-refractivity contribution in [2.45, 2.75) is 38.5 Å². The van der Waals surface area contributed by atoms with Gasteiger partial charge in [-0.15, -0.1) is 0 Å². The van der Waals surface area contributed by atoms with Crippen LogP contribution in [0.3, 0.4) is 0 Å². The molecule has 4 heteroatoms. The Bertz CT molecular complexity index is 620. The van der Waals surface area contributed by atoms with E-state index in [0.717, 1.165) is 30.1 Å². The van der Waals surface area contributed by atoms with E-state index in [0.29, 0.717) is 5.69 Å². The topological polar surface area (TPSA) is 63.8 Å². The molecule has 4 nitrogen and oxygen atoms in total. The van der Waals surface area contributed by atoms with Crippen LogP contribution in [0, 0.1) is 5.92 Å². The van der Waals surface area contributed by atoms with Crippen molar-refractivity contribution in [2.24, 2.45) is 5.92 Å². The van der Waals surface area contributed by atoms with E-state index >= 15 is 0 Å². The number of imidazole rings is 1. The third-order valence-electron chi connectivity index (χ3n) is 4.23. The summed E-state index contributed by atoms with van der Waals surface area (Å²) >= 11 is 0. The molecule has 1 saturated carbocycles. The van der Waals surface area contributed by atoms with Gasteiger partial charge < -0.3 is 10.7 Å². The van der Waals surface area contributed by atoms with Gasteiger partial charge in [0, 0.05) is 17.6 Å². The van der Waals surface area contributed by atoms with Gasteiger partial charge in [0.25, 0.3) is 0 Å². The molecule has 106 valence electrons. The number of anilines is 1. The van der Waals surface area contributed by atoms with E-state index < -0.39 is 0 Å². The number of H-pyrrole nitrogens is 1. The third-order valence-corrected chi connectivity index (χ3v) is 4.23. The molecule has 0 radical (unpaired) electrons. The van der Waals surface area contributed by atoms with E-state index in [9.17, 15) is 4.79 Å². The summed E-state index contributed by atoms with van der Waals surface area (Å²) in [5.74, 6) is 0.931. The van der Waals surface area contributed by atoms with Crippen molar-refractivity contribution in [1.82, 2.24) is 9.55 Å². The van der Waals surface area contributed by atoms with Crippen LogP contribution in [0.15, 0.2) is 35.3 Å². The Balaban J connectivity index is 1.67. The van der Waals surface area contributed by atoms with Crippen molar-refractivity contribution >= 4 is 5.69 Å². The molecule has 3 rings (SSSR count). The maximum absolute atomic E-state index is 12.0. The quantitative estimate of drug-likeness (QED) is 0.821. The highest BCUT2D eigenvalue weighted by Gasteiger charge is 2.16. The largest absolute Gasteiger partial charge is 0.399 e. The van der Waals surface area contributed by atoms with Gasteiger partial charge in [-0.2, -0.15) is 0 Å². The monoisotopic (exact) mass is 271 g/mol. The normalized spacial score (nSPS) is 15.2. The SMILES string of the molecule is Nc1ccc(-n2cc(CCCC3CCC3)[nH]c2=O)cc1. The molecule has 3 N–H and O–H groups in total. The number of benzene rings is 1. The number of aromatic nitrogens is 2. The molecule has 1 aromatic heterocycles. The van der Waals surface area contributed by atoms with Gasteiger partial charge in [0.2, 0.25) is 0 Å². The molecule has 1 aliphatic rings. The molecule has 1 aromatic carbocycles. The van der Waals surface area contributed by atoms with Gasteiger partial charge in [0.1, 0.15) is 0 Å². The second-order valence-corrected chi connectivity index (χ2v) is 5.74. The van der Waals surface area contributed by atoms with Crippen molar-refractivity contribution in [3.63, 3.8) is 0 Å². The van der Waals surface area contributed by atoms with Crippen LogP contribution in [-0.4, -0.2) is 9.55 Å². The maximum atomic E-state index is 12.0. The zero-order valence-electron chi connectivity index (χ0n) is 11.6. The maximum Gasteiger partial charge on any atom is 0.330 e. The minimum Gasteiger partial charge on any atom is -0.399 e. The van der Waals surface area contributed by atoms with E-state index in [1.54, 1.807) is 4.57 Å². The minimum atomic E-state index is -0.0755. The standard InChI is InChI=1S/C16H21N3O/c17-13-7-9-15(10-8-13)19-11-14(18-16(19)20)6-2-5-12-3-1-4-12/h7-12H,1-6,17H2,(H,18,20). The van der Waals surface area contributed by atoms with Gasteiger partial charge in [0.15, 0.2) is 0 Å². The van der Waals surface area contributed by atoms with E-state index in [1.165, 1.54) is 25.7 Å². The first-order valence-corrected chi connectivity index (χ1v) is 7.39. The Labute approximate surface area is 118 Å². The first kappa shape index (κ1) is 13.0. The van der Waals surface area contributed by atoms with Crippen LogP contribution in [0.1, 0.15) is 37.8 Å². The average Bonchev–Trinajstić information content (AvgIpc) is 2.75. The fourth-order valence-electron chi connectivity index (χ4n) is 2.76. The van der Waals surface area contributed by atoms with Gasteiger partial charge in [-0.25, -0.2) is 4.79 Å². The molecule has 0 aliphatic heterocycles. The zero-order valence-corrected chi connectivity index (χ0v) is 11.6. The highest BCUT2D eigenvalue weighted by atomic mass is 16.1. The zero-order chi connectivity index (χ0) is 13.9. The third kappa shape index (κ3) is 2.79. The van der Waals surface area contributed by atoms with E-state index in [2.05, 4.69) is 4.98 Å². The van der Waals surface area contributed by atoms with Crippen molar-refractivity contribution in [3.8, 4) is 5.69 Å². The van der Waals surface area contributed by atoms with Gasteiger partial charge >= 0.3 is 5.69 Å². The van der Waals surface area contributed by atoms with Gasteiger partial charge in [0.05, 0.1) is 5.69 Å². The summed E-state index contributed by atoms with van der Waals surface area (Å²) in [7, 11) is 0. The number of aryl methyl sites for hydroxylation is 1. The second-order valence-electron chi connectivity index (χ2n) is 5.74. The van der Waals surface area contributed by atoms with Gasteiger partial charge in [-0.1, -0.05) is 25.7 Å². The lowest BCUT2D eigenvalue weighted by Crippen LogP contribution is -2.14. The lowest BCUT2D eigenvalue weighted by Gasteiger charge is -2.24. The molecule has 0 spiro atoms. The molecule has 2 aromatic rings. The number of nitrogens with one attached hydrogen (secondary N) is 1. The molecule has 1 heterocycles. The van der Waals surface area contributed by atoms with E-state index in [4.69, 9.17) is 5.73 Å². The van der Waals surface area contributed by atoms with Crippen LogP contribution in [0.2, 0.25) is 0 Å². The lowest BCUT2D eigenvalue weighted by molar-refractivity contribution is 0.290. The van der Waals surface area contributed by atoms with E-state index in [-0.39, 0.29) is 5.69 Å². The highest BCUT2D eigenvalue weighted by Crippen LogP contribution is 2.30. The Morgan fingerprint density at radius 1 is 1.25 bits per heavy atom. The Hall–Kier alpha value is -1.97. The Kier molecular flexibility index (Phi) is 3.63.